The van der Waals surface area contributed by atoms with Crippen LogP contribution in [-0.4, -0.2) is 31.8 Å². The van der Waals surface area contributed by atoms with Gasteiger partial charge in [-0.05, 0) is 25.1 Å². The Labute approximate surface area is 121 Å². The van der Waals surface area contributed by atoms with Crippen LogP contribution in [0, 0.1) is 6.92 Å². The highest BCUT2D eigenvalue weighted by molar-refractivity contribution is 7.90. The quantitative estimate of drug-likeness (QED) is 0.894. The van der Waals surface area contributed by atoms with Gasteiger partial charge in [-0.3, -0.25) is 0 Å². The summed E-state index contributed by atoms with van der Waals surface area (Å²) in [6, 6.07) is 5.17. The van der Waals surface area contributed by atoms with Crippen molar-refractivity contribution in [3.63, 3.8) is 0 Å². The number of hydrogen-bond acceptors (Lipinski definition) is 6. The summed E-state index contributed by atoms with van der Waals surface area (Å²) in [7, 11) is -2.50. The minimum Gasteiger partial charge on any atom is -0.495 e. The molecule has 21 heavy (non-hydrogen) atoms. The average Bonchev–Trinajstić information content (AvgIpc) is 2.82. The summed E-state index contributed by atoms with van der Waals surface area (Å²) >= 11 is 0. The maximum Gasteiger partial charge on any atom is 0.335 e. The molecule has 0 saturated heterocycles. The minimum atomic E-state index is -3.81. The van der Waals surface area contributed by atoms with Crippen LogP contribution < -0.4 is 4.74 Å². The Morgan fingerprint density at radius 1 is 1.38 bits per heavy atom. The monoisotopic (exact) mass is 311 g/mol. The van der Waals surface area contributed by atoms with Crippen molar-refractivity contribution in [1.29, 1.82) is 0 Å². The molecule has 0 radical (unpaired) electrons. The number of rotatable bonds is 5. The predicted octanol–water partition coefficient (Wildman–Crippen LogP) is 1.66. The molecular weight excluding hydrogens is 298 g/mol. The fourth-order valence-corrected chi connectivity index (χ4v) is 3.26. The van der Waals surface area contributed by atoms with E-state index in [2.05, 4.69) is 5.16 Å². The van der Waals surface area contributed by atoms with Crippen LogP contribution in [0.1, 0.15) is 21.8 Å². The van der Waals surface area contributed by atoms with Crippen molar-refractivity contribution < 1.29 is 27.6 Å². The molecule has 0 saturated carbocycles. The molecule has 0 atom stereocenters. The van der Waals surface area contributed by atoms with E-state index < -0.39 is 21.6 Å². The van der Waals surface area contributed by atoms with Crippen molar-refractivity contribution >= 4 is 15.8 Å². The van der Waals surface area contributed by atoms with Gasteiger partial charge in [-0.15, -0.1) is 0 Å². The molecule has 0 aliphatic carbocycles. The Kier molecular flexibility index (Phi) is 3.99. The van der Waals surface area contributed by atoms with Crippen molar-refractivity contribution in [2.75, 3.05) is 7.11 Å². The highest BCUT2D eigenvalue weighted by atomic mass is 32.2. The van der Waals surface area contributed by atoms with Gasteiger partial charge in [0.1, 0.15) is 22.2 Å². The standard InChI is InChI=1S/C13H13NO6S/c1-8-5-10(14-20-8)7-21(17,18)12-6-9(13(15)16)3-4-11(12)19-2/h3-6H,7H2,1-2H3,(H,15,16). The van der Waals surface area contributed by atoms with Crippen LogP contribution in [0.3, 0.4) is 0 Å². The summed E-state index contributed by atoms with van der Waals surface area (Å²) in [5.74, 6) is -1.04. The third kappa shape index (κ3) is 3.22. The van der Waals surface area contributed by atoms with Gasteiger partial charge in [0.15, 0.2) is 9.84 Å². The number of carbonyl (C=O) groups is 1. The molecule has 8 heteroatoms. The van der Waals surface area contributed by atoms with Crippen molar-refractivity contribution in [2.24, 2.45) is 0 Å². The molecule has 0 spiro atoms. The van der Waals surface area contributed by atoms with Gasteiger partial charge in [-0.1, -0.05) is 5.16 Å². The SMILES string of the molecule is COc1ccc(C(=O)O)cc1S(=O)(=O)Cc1cc(C)on1. The van der Waals surface area contributed by atoms with Crippen LogP contribution in [0.25, 0.3) is 0 Å². The number of aromatic carboxylic acids is 1. The van der Waals surface area contributed by atoms with E-state index in [0.717, 1.165) is 6.07 Å². The number of hydrogen-bond donors (Lipinski definition) is 1. The Balaban J connectivity index is 2.47. The molecule has 1 heterocycles. The molecule has 0 aliphatic rings. The number of sulfone groups is 1. The second-order valence-corrected chi connectivity index (χ2v) is 6.32. The molecule has 0 fully saturated rings. The Morgan fingerprint density at radius 2 is 2.10 bits per heavy atom. The van der Waals surface area contributed by atoms with Crippen LogP contribution >= 0.6 is 0 Å². The molecule has 2 aromatic rings. The van der Waals surface area contributed by atoms with Gasteiger partial charge in [-0.25, -0.2) is 13.2 Å². The zero-order valence-electron chi connectivity index (χ0n) is 11.4. The van der Waals surface area contributed by atoms with E-state index >= 15 is 0 Å². The van der Waals surface area contributed by atoms with Crippen LogP contribution in [0.4, 0.5) is 0 Å². The van der Waals surface area contributed by atoms with Gasteiger partial charge in [0.05, 0.1) is 18.4 Å². The zero-order valence-corrected chi connectivity index (χ0v) is 12.2. The van der Waals surface area contributed by atoms with Gasteiger partial charge in [-0.2, -0.15) is 0 Å². The number of nitrogens with zero attached hydrogens (tertiary/aromatic N) is 1. The summed E-state index contributed by atoms with van der Waals surface area (Å²) in [5, 5.41) is 12.6. The first kappa shape index (κ1) is 15.0. The first-order valence-electron chi connectivity index (χ1n) is 5.90. The normalized spacial score (nSPS) is 11.3. The summed E-state index contributed by atoms with van der Waals surface area (Å²) in [4.78, 5) is 10.8. The van der Waals surface area contributed by atoms with Crippen LogP contribution in [0.5, 0.6) is 5.75 Å². The predicted molar refractivity (Wildman–Crippen MR) is 72.1 cm³/mol. The highest BCUT2D eigenvalue weighted by Crippen LogP contribution is 2.28. The maximum atomic E-state index is 12.4. The molecule has 0 unspecified atom stereocenters. The van der Waals surface area contributed by atoms with Gasteiger partial charge < -0.3 is 14.4 Å². The Bertz CT molecular complexity index is 778. The smallest absolute Gasteiger partial charge is 0.335 e. The van der Waals surface area contributed by atoms with E-state index in [1.807, 2.05) is 0 Å². The number of carboxylic acids is 1. The summed E-state index contributed by atoms with van der Waals surface area (Å²) < 4.78 is 34.6. The van der Waals surface area contributed by atoms with Gasteiger partial charge in [0.25, 0.3) is 0 Å². The fourth-order valence-electron chi connectivity index (χ4n) is 1.81. The molecular formula is C13H13NO6S. The topological polar surface area (TPSA) is 107 Å². The average molecular weight is 311 g/mol. The third-order valence-electron chi connectivity index (χ3n) is 2.76. The Hall–Kier alpha value is -2.35. The van der Waals surface area contributed by atoms with E-state index in [9.17, 15) is 13.2 Å². The van der Waals surface area contributed by atoms with Crippen molar-refractivity contribution in [1.82, 2.24) is 5.16 Å². The van der Waals surface area contributed by atoms with Crippen LogP contribution in [0.15, 0.2) is 33.7 Å². The van der Waals surface area contributed by atoms with E-state index in [1.165, 1.54) is 25.3 Å². The molecule has 1 N–H and O–H groups in total. The summed E-state index contributed by atoms with van der Waals surface area (Å²) in [5.41, 5.74) is 0.112. The van der Waals surface area contributed by atoms with Crippen molar-refractivity contribution in [3.05, 3.63) is 41.3 Å². The lowest BCUT2D eigenvalue weighted by Crippen LogP contribution is -2.09. The number of methoxy groups -OCH3 is 1. The van der Waals surface area contributed by atoms with Crippen LogP contribution in [0.2, 0.25) is 0 Å². The van der Waals surface area contributed by atoms with Gasteiger partial charge in [0, 0.05) is 6.07 Å². The molecule has 1 aromatic heterocycles. The van der Waals surface area contributed by atoms with Crippen LogP contribution in [-0.2, 0) is 15.6 Å². The van der Waals surface area contributed by atoms with Crippen molar-refractivity contribution in [3.8, 4) is 5.75 Å². The second-order valence-electron chi connectivity index (χ2n) is 4.36. The molecule has 7 nitrogen and oxygen atoms in total. The molecule has 2 rings (SSSR count). The second kappa shape index (κ2) is 5.57. The molecule has 1 aromatic carbocycles. The lowest BCUT2D eigenvalue weighted by Gasteiger charge is -2.09. The first-order chi connectivity index (χ1) is 9.83. The van der Waals surface area contributed by atoms with E-state index in [4.69, 9.17) is 14.4 Å². The zero-order chi connectivity index (χ0) is 15.6. The molecule has 0 amide bonds. The van der Waals surface area contributed by atoms with Crippen molar-refractivity contribution in [2.45, 2.75) is 17.6 Å². The maximum absolute atomic E-state index is 12.4. The van der Waals surface area contributed by atoms with Gasteiger partial charge in [0.2, 0.25) is 0 Å². The number of carboxylic acid groups (broad SMARTS) is 1. The number of ether oxygens (including phenoxy) is 1. The number of benzene rings is 1. The summed E-state index contributed by atoms with van der Waals surface area (Å²) in [6.07, 6.45) is 0. The molecule has 0 bridgehead atoms. The lowest BCUT2D eigenvalue weighted by atomic mass is 10.2. The third-order valence-corrected chi connectivity index (χ3v) is 4.43. The minimum absolute atomic E-state index is 0.0835. The van der Waals surface area contributed by atoms with E-state index in [1.54, 1.807) is 6.92 Å². The molecule has 0 aliphatic heterocycles. The number of aryl methyl sites for hydroxylation is 1. The lowest BCUT2D eigenvalue weighted by molar-refractivity contribution is 0.0696. The molecule has 112 valence electrons. The fraction of sp³-hybridized carbons (Fsp3) is 0.231. The highest BCUT2D eigenvalue weighted by Gasteiger charge is 2.23. The number of aromatic nitrogens is 1. The first-order valence-corrected chi connectivity index (χ1v) is 7.55. The van der Waals surface area contributed by atoms with Gasteiger partial charge >= 0.3 is 5.97 Å². The summed E-state index contributed by atoms with van der Waals surface area (Å²) in [6.45, 7) is 1.65. The Morgan fingerprint density at radius 3 is 2.62 bits per heavy atom. The van der Waals surface area contributed by atoms with E-state index in [-0.39, 0.29) is 21.9 Å². The largest absolute Gasteiger partial charge is 0.495 e. The van der Waals surface area contributed by atoms with E-state index in [0.29, 0.717) is 5.76 Å².